The van der Waals surface area contributed by atoms with Gasteiger partial charge >= 0.3 is 6.11 Å². The normalized spacial score (nSPS) is 15.4. The minimum absolute atomic E-state index is 0.118. The van der Waals surface area contributed by atoms with Gasteiger partial charge in [0.15, 0.2) is 9.84 Å². The summed E-state index contributed by atoms with van der Waals surface area (Å²) in [5, 5.41) is 11.9. The van der Waals surface area contributed by atoms with E-state index in [2.05, 4.69) is 10.3 Å². The molecule has 0 radical (unpaired) electrons. The number of ketones is 1. The van der Waals surface area contributed by atoms with Crippen LogP contribution in [-0.2, 0) is 42.4 Å². The molecular formula is C30H33F2N3O8S. The van der Waals surface area contributed by atoms with Crippen molar-refractivity contribution in [3.05, 3.63) is 89.6 Å². The summed E-state index contributed by atoms with van der Waals surface area (Å²) in [5.74, 6) is -5.52. The van der Waals surface area contributed by atoms with E-state index in [9.17, 15) is 36.7 Å². The van der Waals surface area contributed by atoms with Gasteiger partial charge in [-0.25, -0.2) is 13.4 Å². The van der Waals surface area contributed by atoms with Crippen molar-refractivity contribution >= 4 is 27.4 Å². The molecule has 0 bridgehead atoms. The number of aliphatic hydroxyl groups is 1. The first-order valence-electron chi connectivity index (χ1n) is 14.0. The molecule has 0 aliphatic carbocycles. The Hall–Kier alpha value is -4.01. The van der Waals surface area contributed by atoms with Crippen LogP contribution in [-0.4, -0.2) is 79.1 Å². The lowest BCUT2D eigenvalue weighted by atomic mass is 9.99. The highest BCUT2D eigenvalue weighted by molar-refractivity contribution is 7.90. The van der Waals surface area contributed by atoms with Gasteiger partial charge in [-0.2, -0.15) is 8.78 Å². The lowest BCUT2D eigenvalue weighted by Gasteiger charge is -2.29. The summed E-state index contributed by atoms with van der Waals surface area (Å²) in [7, 11) is -4.31. The molecule has 2 unspecified atom stereocenters. The molecular weight excluding hydrogens is 600 g/mol. The van der Waals surface area contributed by atoms with Crippen LogP contribution < -0.4 is 5.32 Å². The second kappa shape index (κ2) is 14.6. The number of rotatable bonds is 14. The molecule has 1 aromatic heterocycles. The highest BCUT2D eigenvalue weighted by Gasteiger charge is 2.36. The molecule has 2 N–H and O–H groups in total. The van der Waals surface area contributed by atoms with E-state index in [0.29, 0.717) is 6.42 Å². The zero-order valence-electron chi connectivity index (χ0n) is 23.7. The number of carbonyl (C=O) groups is 3. The average Bonchev–Trinajstić information content (AvgIpc) is 3.54. The minimum atomic E-state index is -4.31. The zero-order chi connectivity index (χ0) is 31.7. The van der Waals surface area contributed by atoms with Gasteiger partial charge in [-0.1, -0.05) is 54.6 Å². The average molecular weight is 634 g/mol. The molecule has 2 heterocycles. The highest BCUT2D eigenvalue weighted by Crippen LogP contribution is 2.29. The first kappa shape index (κ1) is 32.9. The van der Waals surface area contributed by atoms with Crippen LogP contribution in [0.3, 0.4) is 0 Å². The second-order valence-corrected chi connectivity index (χ2v) is 12.5. The fourth-order valence-electron chi connectivity index (χ4n) is 4.93. The number of morpholine rings is 1. The Morgan fingerprint density at radius 3 is 2.39 bits per heavy atom. The van der Waals surface area contributed by atoms with E-state index in [1.807, 2.05) is 30.3 Å². The Balaban J connectivity index is 1.57. The molecule has 1 aliphatic rings. The summed E-state index contributed by atoms with van der Waals surface area (Å²) in [6, 6.07) is 12.6. The lowest BCUT2D eigenvalue weighted by molar-refractivity contribution is -0.209. The smallest absolute Gasteiger partial charge is 0.381 e. The molecule has 0 saturated carbocycles. The van der Waals surface area contributed by atoms with Gasteiger partial charge in [0, 0.05) is 19.5 Å². The van der Waals surface area contributed by atoms with E-state index >= 15 is 0 Å². The fraction of sp³-hybridized carbons (Fsp3) is 0.400. The second-order valence-electron chi connectivity index (χ2n) is 10.4. The van der Waals surface area contributed by atoms with Crippen LogP contribution in [0.25, 0.3) is 0 Å². The number of aromatic nitrogens is 1. The number of oxazole rings is 1. The summed E-state index contributed by atoms with van der Waals surface area (Å²) in [5.41, 5.74) is -0.349. The number of hydrogen-bond acceptors (Lipinski definition) is 9. The number of hydrogen-bond donors (Lipinski definition) is 2. The van der Waals surface area contributed by atoms with E-state index < -0.39 is 69.0 Å². The van der Waals surface area contributed by atoms with E-state index in [1.54, 1.807) is 0 Å². The van der Waals surface area contributed by atoms with Crippen LogP contribution in [0.15, 0.2) is 71.5 Å². The summed E-state index contributed by atoms with van der Waals surface area (Å²) >= 11 is 0. The first-order chi connectivity index (χ1) is 20.9. The molecule has 1 aliphatic heterocycles. The molecule has 1 saturated heterocycles. The summed E-state index contributed by atoms with van der Waals surface area (Å²) in [6.07, 6.45) is -1.84. The molecule has 3 aromatic rings. The number of sulfone groups is 1. The maximum Gasteiger partial charge on any atom is 0.381 e. The van der Waals surface area contributed by atoms with E-state index in [1.165, 1.54) is 29.5 Å². The quantitative estimate of drug-likeness (QED) is 0.255. The van der Waals surface area contributed by atoms with Crippen LogP contribution in [0.4, 0.5) is 8.78 Å². The zero-order valence-corrected chi connectivity index (χ0v) is 24.5. The largest absolute Gasteiger partial charge is 0.442 e. The van der Waals surface area contributed by atoms with E-state index in [-0.39, 0.29) is 44.2 Å². The van der Waals surface area contributed by atoms with Crippen LogP contribution >= 0.6 is 0 Å². The van der Waals surface area contributed by atoms with Gasteiger partial charge in [-0.15, -0.1) is 0 Å². The minimum Gasteiger partial charge on any atom is -0.442 e. The molecule has 44 heavy (non-hydrogen) atoms. The van der Waals surface area contributed by atoms with E-state index in [0.717, 1.165) is 17.7 Å². The fourth-order valence-corrected chi connectivity index (χ4v) is 6.66. The third-order valence-electron chi connectivity index (χ3n) is 7.17. The maximum absolute atomic E-state index is 13.8. The standard InChI is InChI=1S/C30H33F2N3O8S/c31-30(32,39)24-9-5-4-8-22(24)19-44(40,41)20-23(18-26(36)35-13-16-42-17-14-35)28(38)34-25(27(37)29-33-12-15-43-29)11-10-21-6-2-1-3-7-21/h1-9,12,15,23,25,39H,10-11,13-14,16-20H2,(H,34,38). The molecule has 0 spiro atoms. The number of alkyl halides is 2. The van der Waals surface area contributed by atoms with Crippen molar-refractivity contribution in [3.8, 4) is 0 Å². The van der Waals surface area contributed by atoms with Crippen molar-refractivity contribution in [2.75, 3.05) is 32.1 Å². The van der Waals surface area contributed by atoms with Gasteiger partial charge in [-0.05, 0) is 24.0 Å². The van der Waals surface area contributed by atoms with Crippen molar-refractivity contribution in [3.63, 3.8) is 0 Å². The molecule has 2 aromatic carbocycles. The van der Waals surface area contributed by atoms with Crippen molar-refractivity contribution < 1.29 is 45.8 Å². The van der Waals surface area contributed by atoms with Crippen molar-refractivity contribution in [2.24, 2.45) is 5.92 Å². The third-order valence-corrected chi connectivity index (χ3v) is 8.83. The number of ether oxygens (including phenoxy) is 1. The number of benzene rings is 2. The number of carbonyl (C=O) groups excluding carboxylic acids is 3. The predicted octanol–water partition coefficient (Wildman–Crippen LogP) is 2.50. The number of nitrogens with zero attached hydrogens (tertiary/aromatic N) is 2. The molecule has 236 valence electrons. The van der Waals surface area contributed by atoms with Crippen LogP contribution in [0.5, 0.6) is 0 Å². The van der Waals surface area contributed by atoms with Gasteiger partial charge < -0.3 is 24.5 Å². The van der Waals surface area contributed by atoms with Crippen molar-refractivity contribution in [1.29, 1.82) is 0 Å². The number of amides is 2. The van der Waals surface area contributed by atoms with Crippen molar-refractivity contribution in [2.45, 2.75) is 37.2 Å². The topological polar surface area (TPSA) is 156 Å². The number of halogens is 2. The molecule has 2 amide bonds. The molecule has 4 rings (SSSR count). The molecule has 1 fully saturated rings. The SMILES string of the molecule is O=C(NC(CCc1ccccc1)C(=O)c1ncco1)C(CC(=O)N1CCOCC1)CS(=O)(=O)Cc1ccccc1C(O)(F)F. The first-order valence-corrected chi connectivity index (χ1v) is 15.8. The maximum atomic E-state index is 13.8. The Morgan fingerprint density at radius 2 is 1.73 bits per heavy atom. The summed E-state index contributed by atoms with van der Waals surface area (Å²) < 4.78 is 64.6. The number of Topliss-reactive ketones (excluding diaryl/α,β-unsaturated/α-hetero) is 1. The van der Waals surface area contributed by atoms with Gasteiger partial charge in [0.05, 0.1) is 48.4 Å². The summed E-state index contributed by atoms with van der Waals surface area (Å²) in [4.78, 5) is 45.4. The van der Waals surface area contributed by atoms with Gasteiger partial charge in [-0.3, -0.25) is 14.4 Å². The molecule has 2 atom stereocenters. The van der Waals surface area contributed by atoms with Gasteiger partial charge in [0.1, 0.15) is 6.26 Å². The number of nitrogens with one attached hydrogen (secondary N) is 1. The Labute approximate surface area is 253 Å². The van der Waals surface area contributed by atoms with E-state index in [4.69, 9.17) is 9.15 Å². The lowest BCUT2D eigenvalue weighted by Crippen LogP contribution is -2.48. The Bertz CT molecular complexity index is 1520. The summed E-state index contributed by atoms with van der Waals surface area (Å²) in [6.45, 7) is 1.06. The Morgan fingerprint density at radius 1 is 1.05 bits per heavy atom. The van der Waals surface area contributed by atoms with Gasteiger partial charge in [0.25, 0.3) is 5.89 Å². The van der Waals surface area contributed by atoms with Gasteiger partial charge in [0.2, 0.25) is 17.6 Å². The number of aryl methyl sites for hydroxylation is 1. The third kappa shape index (κ3) is 9.24. The highest BCUT2D eigenvalue weighted by atomic mass is 32.2. The van der Waals surface area contributed by atoms with Crippen LogP contribution in [0, 0.1) is 5.92 Å². The monoisotopic (exact) mass is 633 g/mol. The molecule has 14 heteroatoms. The molecule has 11 nitrogen and oxygen atoms in total. The van der Waals surface area contributed by atoms with Crippen molar-refractivity contribution in [1.82, 2.24) is 15.2 Å². The van der Waals surface area contributed by atoms with Crippen LogP contribution in [0.2, 0.25) is 0 Å². The Kier molecular flexibility index (Phi) is 10.9. The predicted molar refractivity (Wildman–Crippen MR) is 153 cm³/mol. The van der Waals surface area contributed by atoms with Crippen LogP contribution in [0.1, 0.15) is 40.2 Å².